The number of hydrogen-bond acceptors (Lipinski definition) is 30. The summed E-state index contributed by atoms with van der Waals surface area (Å²) < 4.78 is 11.7. The molecule has 36 atom stereocenters. The summed E-state index contributed by atoms with van der Waals surface area (Å²) in [5, 5.41) is 302. The second-order valence-electron chi connectivity index (χ2n) is 36.1. The quantitative estimate of drug-likeness (QED) is 0.0236. The van der Waals surface area contributed by atoms with Crippen molar-refractivity contribution in [3.63, 3.8) is 0 Å². The minimum Gasteiger partial charge on any atom is -0.393 e. The Balaban J connectivity index is 1.74. The summed E-state index contributed by atoms with van der Waals surface area (Å²) in [5.74, 6) is -2.25. The maximum Gasteiger partial charge on any atom is 0.115 e. The van der Waals surface area contributed by atoms with Crippen LogP contribution in [0, 0.1) is 29.6 Å². The molecule has 0 saturated carbocycles. The van der Waals surface area contributed by atoms with E-state index in [0.717, 1.165) is 18.4 Å². The Morgan fingerprint density at radius 1 is 0.403 bits per heavy atom. The highest BCUT2D eigenvalue weighted by molar-refractivity contribution is 5.13. The first-order valence-corrected chi connectivity index (χ1v) is 45.3. The topological polar surface area (TPSA) is 585 Å². The Labute approximate surface area is 736 Å². The van der Waals surface area contributed by atoms with Crippen LogP contribution in [0.4, 0.5) is 0 Å². The first-order chi connectivity index (χ1) is 58.4. The van der Waals surface area contributed by atoms with Gasteiger partial charge in [-0.05, 0) is 204 Å². The number of ether oxygens (including phenoxy) is 2. The van der Waals surface area contributed by atoms with Gasteiger partial charge in [0.25, 0.3) is 0 Å². The van der Waals surface area contributed by atoms with Gasteiger partial charge in [0.05, 0.1) is 135 Å². The SMILES string of the molecule is C=CCCC=CC=CC=CCCC=CC(O)C(O)C1OC(C(O)C(O)C(=C)CCC(O)C2CC(O)C(O)C(C(O)C(O)C=C(C)CCC(O)CC(O)C(O)C(C)CC(O)CC(C)C=C(C)CC(O)CC(C)CCC(O)CC(O)C(O)C(C)CC(O)CC(O)C(O)C(C)C(O)CCCC(O)CCCC(O)CCCC(O)C=CCC(O)C=CCO)O2)CC(O)C1O. The number of aliphatic hydroxyl groups is 28. The van der Waals surface area contributed by atoms with Gasteiger partial charge in [0.2, 0.25) is 0 Å². The molecule has 30 nitrogen and oxygen atoms in total. The van der Waals surface area contributed by atoms with Gasteiger partial charge in [-0.15, -0.1) is 6.58 Å². The van der Waals surface area contributed by atoms with Crippen molar-refractivity contribution in [1.82, 2.24) is 0 Å². The first kappa shape index (κ1) is 116. The third-order valence-electron chi connectivity index (χ3n) is 24.2. The van der Waals surface area contributed by atoms with Crippen LogP contribution in [-0.4, -0.2) is 339 Å². The summed E-state index contributed by atoms with van der Waals surface area (Å²) in [7, 11) is 0. The van der Waals surface area contributed by atoms with Crippen LogP contribution in [0.2, 0.25) is 0 Å². The highest BCUT2D eigenvalue weighted by atomic mass is 16.6. The highest BCUT2D eigenvalue weighted by Crippen LogP contribution is 2.34. The number of unbranched alkanes of at least 4 members (excludes halogenated alkanes) is 2. The fourth-order valence-electron chi connectivity index (χ4n) is 16.3. The maximum absolute atomic E-state index is 11.2. The molecule has 722 valence electrons. The van der Waals surface area contributed by atoms with Crippen molar-refractivity contribution in [2.24, 2.45) is 29.6 Å². The van der Waals surface area contributed by atoms with Gasteiger partial charge >= 0.3 is 0 Å². The third kappa shape index (κ3) is 47.3. The van der Waals surface area contributed by atoms with E-state index < -0.39 is 207 Å². The molecule has 2 heterocycles. The van der Waals surface area contributed by atoms with Crippen molar-refractivity contribution < 1.29 is 152 Å². The van der Waals surface area contributed by atoms with Crippen LogP contribution in [0.5, 0.6) is 0 Å². The van der Waals surface area contributed by atoms with Crippen molar-refractivity contribution >= 4 is 0 Å². The smallest absolute Gasteiger partial charge is 0.115 e. The average molecular weight is 1780 g/mol. The van der Waals surface area contributed by atoms with Gasteiger partial charge in [0.15, 0.2) is 0 Å². The molecule has 2 aliphatic rings. The van der Waals surface area contributed by atoms with Gasteiger partial charge in [0, 0.05) is 38.0 Å². The standard InChI is InChI=1S/C94H166O30/c1-10-11-12-13-14-15-16-17-18-19-20-21-35-75(107)88(118)93-91(121)81(113)55-83(124-93)92(122)86(116)60(6)39-42-74(106)82-54-80(112)90(120)94(123-82)89(119)76(108)48-57(3)38-41-69(101)52-77(109)84(114)61(7)49-71(103)47-59(5)44-58(4)46-70(102)45-56(2)37-40-68(100)51-78(110)85(115)62(8)50-72(104)53-79(111)87(117)63(9)73(105)36-25-33-66(98)31-23-29-64(96)27-22-28-65(97)30-24-32-67(99)34-26-43-95/h10,13-18,21,24,26,30,34-35,44,48,56,59,61-122H,1,6,11-12,19-20,22-23,25,27-29,31-33,36-43,45-47,49-55H2,2-5,7-9H3. The van der Waals surface area contributed by atoms with E-state index in [1.807, 2.05) is 69.4 Å². The molecule has 2 fully saturated rings. The Morgan fingerprint density at radius 2 is 0.887 bits per heavy atom. The van der Waals surface area contributed by atoms with E-state index in [0.29, 0.717) is 102 Å². The van der Waals surface area contributed by atoms with Gasteiger partial charge in [-0.1, -0.05) is 143 Å². The molecular weight excluding hydrogens is 1610 g/mol. The van der Waals surface area contributed by atoms with Gasteiger partial charge in [-0.2, -0.15) is 0 Å². The maximum atomic E-state index is 11.2. The van der Waals surface area contributed by atoms with Crippen molar-refractivity contribution in [2.45, 2.75) is 430 Å². The summed E-state index contributed by atoms with van der Waals surface area (Å²) in [4.78, 5) is 0. The Morgan fingerprint density at radius 3 is 1.45 bits per heavy atom. The summed E-state index contributed by atoms with van der Waals surface area (Å²) in [6, 6.07) is 0. The van der Waals surface area contributed by atoms with E-state index in [-0.39, 0.29) is 107 Å². The molecule has 0 aliphatic carbocycles. The van der Waals surface area contributed by atoms with E-state index in [1.54, 1.807) is 45.9 Å². The predicted octanol–water partition coefficient (Wildman–Crippen LogP) is 3.11. The van der Waals surface area contributed by atoms with Crippen molar-refractivity contribution in [2.75, 3.05) is 6.61 Å². The van der Waals surface area contributed by atoms with Crippen LogP contribution in [0.3, 0.4) is 0 Å². The fraction of sp³-hybridized carbons (Fsp3) is 0.787. The number of hydrogen-bond donors (Lipinski definition) is 28. The van der Waals surface area contributed by atoms with E-state index in [9.17, 15) is 138 Å². The van der Waals surface area contributed by atoms with Gasteiger partial charge < -0.3 is 152 Å². The zero-order chi connectivity index (χ0) is 93.5. The molecule has 2 saturated heterocycles. The van der Waals surface area contributed by atoms with Crippen LogP contribution in [-0.2, 0) is 9.47 Å². The van der Waals surface area contributed by atoms with Crippen molar-refractivity contribution in [3.8, 4) is 0 Å². The molecule has 0 aromatic carbocycles. The number of rotatable bonds is 68. The minimum absolute atomic E-state index is 0.00225. The second kappa shape index (κ2) is 64.1. The fourth-order valence-corrected chi connectivity index (χ4v) is 16.3. The summed E-state index contributed by atoms with van der Waals surface area (Å²) >= 11 is 0. The van der Waals surface area contributed by atoms with Gasteiger partial charge in [-0.25, -0.2) is 0 Å². The number of allylic oxidation sites excluding steroid dienone is 10. The third-order valence-corrected chi connectivity index (χ3v) is 24.2. The molecule has 0 aromatic rings. The zero-order valence-electron chi connectivity index (χ0n) is 74.6. The molecule has 36 unspecified atom stereocenters. The summed E-state index contributed by atoms with van der Waals surface area (Å²) in [6.07, 6.45) is -7.46. The van der Waals surface area contributed by atoms with Crippen LogP contribution >= 0.6 is 0 Å². The lowest BCUT2D eigenvalue weighted by atomic mass is 9.86. The lowest BCUT2D eigenvalue weighted by Crippen LogP contribution is -2.59. The van der Waals surface area contributed by atoms with E-state index >= 15 is 0 Å². The van der Waals surface area contributed by atoms with E-state index in [1.165, 1.54) is 24.3 Å². The van der Waals surface area contributed by atoms with Gasteiger partial charge in [-0.3, -0.25) is 0 Å². The van der Waals surface area contributed by atoms with Crippen LogP contribution in [0.25, 0.3) is 0 Å². The highest BCUT2D eigenvalue weighted by Gasteiger charge is 2.48. The molecule has 2 rings (SSSR count). The summed E-state index contributed by atoms with van der Waals surface area (Å²) in [5.41, 5.74) is 1.35. The Hall–Kier alpha value is -3.80. The summed E-state index contributed by atoms with van der Waals surface area (Å²) in [6.45, 7) is 19.5. The molecule has 0 spiro atoms. The van der Waals surface area contributed by atoms with E-state index in [4.69, 9.17) is 14.6 Å². The average Bonchev–Trinajstić information content (AvgIpc) is 0.806. The molecular formula is C94H166O30. The molecule has 2 aliphatic heterocycles. The minimum atomic E-state index is -1.84. The monoisotopic (exact) mass is 1780 g/mol. The van der Waals surface area contributed by atoms with E-state index in [2.05, 4.69) is 13.2 Å². The molecule has 0 amide bonds. The van der Waals surface area contributed by atoms with Crippen molar-refractivity contribution in [3.05, 3.63) is 121 Å². The molecule has 0 aromatic heterocycles. The molecule has 0 radical (unpaired) electrons. The zero-order valence-corrected chi connectivity index (χ0v) is 74.6. The van der Waals surface area contributed by atoms with Gasteiger partial charge in [0.1, 0.15) is 61.0 Å². The van der Waals surface area contributed by atoms with Crippen LogP contribution in [0.15, 0.2) is 121 Å². The Kier molecular flexibility index (Phi) is 60.1. The Bertz CT molecular complexity index is 3040. The first-order valence-electron chi connectivity index (χ1n) is 45.3. The normalized spacial score (nSPS) is 26.2. The lowest BCUT2D eigenvalue weighted by Gasteiger charge is -2.42. The molecule has 124 heavy (non-hydrogen) atoms. The lowest BCUT2D eigenvalue weighted by molar-refractivity contribution is -0.234. The second-order valence-corrected chi connectivity index (χ2v) is 36.1. The molecule has 28 N–H and O–H groups in total. The molecule has 0 bridgehead atoms. The largest absolute Gasteiger partial charge is 0.393 e. The van der Waals surface area contributed by atoms with Crippen molar-refractivity contribution in [1.29, 1.82) is 0 Å². The number of aliphatic hydroxyl groups excluding tert-OH is 28. The van der Waals surface area contributed by atoms with Crippen LogP contribution in [0.1, 0.15) is 241 Å². The van der Waals surface area contributed by atoms with Crippen LogP contribution < -0.4 is 0 Å². The predicted molar refractivity (Wildman–Crippen MR) is 473 cm³/mol. The molecule has 30 heteroatoms.